The lowest BCUT2D eigenvalue weighted by Gasteiger charge is -2.06. The Kier molecular flexibility index (Phi) is 3.69. The number of amidine groups is 1. The summed E-state index contributed by atoms with van der Waals surface area (Å²) in [5.74, 6) is -3.41. The summed E-state index contributed by atoms with van der Waals surface area (Å²) in [5.41, 5.74) is 4.23. The van der Waals surface area contributed by atoms with Crippen LogP contribution in [0.2, 0.25) is 0 Å². The molecular weight excluding hydrogens is 288 g/mol. The van der Waals surface area contributed by atoms with Gasteiger partial charge in [0.05, 0.1) is 11.0 Å². The van der Waals surface area contributed by atoms with Crippen LogP contribution in [0.1, 0.15) is 5.69 Å². The molecule has 10 heteroatoms. The molecule has 0 aliphatic rings. The monoisotopic (exact) mass is 295 g/mol. The van der Waals surface area contributed by atoms with Gasteiger partial charge in [0, 0.05) is 12.3 Å². The average molecular weight is 295 g/mol. The first-order valence-electron chi connectivity index (χ1n) is 5.37. The summed E-state index contributed by atoms with van der Waals surface area (Å²) in [5, 5.41) is 17.6. The van der Waals surface area contributed by atoms with E-state index in [2.05, 4.69) is 9.97 Å². The first-order valence-corrected chi connectivity index (χ1v) is 5.37. The van der Waals surface area contributed by atoms with Crippen LogP contribution in [0.3, 0.4) is 0 Å². The van der Waals surface area contributed by atoms with Gasteiger partial charge < -0.3 is 10.5 Å². The van der Waals surface area contributed by atoms with Crippen molar-refractivity contribution < 1.29 is 18.4 Å². The number of nitro benzene ring substituents is 1. The summed E-state index contributed by atoms with van der Waals surface area (Å²) in [6, 6.07) is 1.84. The summed E-state index contributed by atoms with van der Waals surface area (Å²) in [7, 11) is 0. The second-order valence-electron chi connectivity index (χ2n) is 3.73. The fourth-order valence-electron chi connectivity index (χ4n) is 1.37. The number of hydrogen-bond acceptors (Lipinski definition) is 6. The molecule has 108 valence electrons. The molecule has 0 bridgehead atoms. The van der Waals surface area contributed by atoms with Gasteiger partial charge in [-0.05, 0) is 6.07 Å². The van der Waals surface area contributed by atoms with Crippen molar-refractivity contribution in [1.82, 2.24) is 9.97 Å². The van der Waals surface area contributed by atoms with Gasteiger partial charge in [-0.15, -0.1) is 0 Å². The molecule has 2 rings (SSSR count). The van der Waals surface area contributed by atoms with E-state index >= 15 is 0 Å². The second kappa shape index (κ2) is 5.45. The Labute approximate surface area is 115 Å². The number of aromatic nitrogens is 2. The third kappa shape index (κ3) is 3.05. The summed E-state index contributed by atoms with van der Waals surface area (Å²) in [4.78, 5) is 16.7. The van der Waals surface area contributed by atoms with Crippen molar-refractivity contribution in [2.75, 3.05) is 0 Å². The zero-order valence-electron chi connectivity index (χ0n) is 10.2. The summed E-state index contributed by atoms with van der Waals surface area (Å²) < 4.78 is 31.9. The quantitative estimate of drug-likeness (QED) is 0.382. The van der Waals surface area contributed by atoms with E-state index < -0.39 is 28.0 Å². The predicted octanol–water partition coefficient (Wildman–Crippen LogP) is 1.74. The number of nitrogens with two attached hydrogens (primary N) is 1. The van der Waals surface area contributed by atoms with Crippen LogP contribution in [0.4, 0.5) is 14.5 Å². The lowest BCUT2D eigenvalue weighted by Crippen LogP contribution is -2.13. The Morgan fingerprint density at radius 2 is 2.10 bits per heavy atom. The normalized spacial score (nSPS) is 10.2. The van der Waals surface area contributed by atoms with Crippen molar-refractivity contribution in [3.63, 3.8) is 0 Å². The number of hydrogen-bond donors (Lipinski definition) is 2. The van der Waals surface area contributed by atoms with E-state index in [0.717, 1.165) is 0 Å². The largest absolute Gasteiger partial charge is 0.421 e. The topological polar surface area (TPSA) is 128 Å². The van der Waals surface area contributed by atoms with Gasteiger partial charge in [-0.25, -0.2) is 9.37 Å². The molecule has 0 spiro atoms. The number of rotatable bonds is 4. The third-order valence-corrected chi connectivity index (χ3v) is 2.31. The van der Waals surface area contributed by atoms with Crippen LogP contribution in [0.25, 0.3) is 0 Å². The molecule has 8 nitrogen and oxygen atoms in total. The highest BCUT2D eigenvalue weighted by Gasteiger charge is 2.20. The average Bonchev–Trinajstić information content (AvgIpc) is 2.42. The van der Waals surface area contributed by atoms with Gasteiger partial charge in [0.2, 0.25) is 5.82 Å². The van der Waals surface area contributed by atoms with Crippen LogP contribution in [0, 0.1) is 27.2 Å². The smallest absolute Gasteiger partial charge is 0.322 e. The Balaban J connectivity index is 2.36. The maximum Gasteiger partial charge on any atom is 0.322 e. The number of nitrogens with zero attached hydrogens (tertiary/aromatic N) is 3. The minimum atomic E-state index is -1.26. The maximum absolute atomic E-state index is 13.6. The highest BCUT2D eigenvalue weighted by atomic mass is 19.1. The van der Waals surface area contributed by atoms with E-state index in [4.69, 9.17) is 15.9 Å². The number of halogens is 2. The second-order valence-corrected chi connectivity index (χ2v) is 3.73. The molecule has 0 aliphatic heterocycles. The summed E-state index contributed by atoms with van der Waals surface area (Å²) in [6.07, 6.45) is 1.21. The Hall–Kier alpha value is -3.17. The summed E-state index contributed by atoms with van der Waals surface area (Å²) >= 11 is 0. The van der Waals surface area contributed by atoms with Crippen LogP contribution in [0.5, 0.6) is 11.8 Å². The van der Waals surface area contributed by atoms with E-state index in [1.165, 1.54) is 12.3 Å². The number of benzene rings is 1. The lowest BCUT2D eigenvalue weighted by atomic mass is 10.3. The number of nitro groups is 1. The minimum Gasteiger partial charge on any atom is -0.421 e. The van der Waals surface area contributed by atoms with Crippen molar-refractivity contribution in [3.8, 4) is 11.8 Å². The van der Waals surface area contributed by atoms with Gasteiger partial charge in [-0.1, -0.05) is 0 Å². The van der Waals surface area contributed by atoms with Crippen LogP contribution in [-0.2, 0) is 0 Å². The molecule has 0 saturated heterocycles. The molecule has 21 heavy (non-hydrogen) atoms. The number of ether oxygens (including phenoxy) is 1. The molecule has 0 unspecified atom stereocenters. The fraction of sp³-hybridized carbons (Fsp3) is 0. The van der Waals surface area contributed by atoms with Crippen molar-refractivity contribution in [1.29, 1.82) is 5.41 Å². The molecule has 0 amide bonds. The summed E-state index contributed by atoms with van der Waals surface area (Å²) in [6.45, 7) is 0. The zero-order chi connectivity index (χ0) is 15.6. The van der Waals surface area contributed by atoms with Crippen LogP contribution < -0.4 is 10.5 Å². The highest BCUT2D eigenvalue weighted by Crippen LogP contribution is 2.28. The molecule has 1 aromatic carbocycles. The Bertz CT molecular complexity index is 738. The molecule has 0 saturated carbocycles. The Morgan fingerprint density at radius 1 is 1.38 bits per heavy atom. The number of nitrogens with one attached hydrogen (secondary N) is 1. The highest BCUT2D eigenvalue weighted by molar-refractivity contribution is 5.92. The van der Waals surface area contributed by atoms with E-state index in [0.29, 0.717) is 12.1 Å². The van der Waals surface area contributed by atoms with Gasteiger partial charge in [0.15, 0.2) is 11.6 Å². The van der Waals surface area contributed by atoms with Gasteiger partial charge in [0.1, 0.15) is 11.5 Å². The van der Waals surface area contributed by atoms with Crippen LogP contribution >= 0.6 is 0 Å². The molecule has 0 radical (unpaired) electrons. The van der Waals surface area contributed by atoms with Crippen LogP contribution in [-0.4, -0.2) is 20.7 Å². The van der Waals surface area contributed by atoms with Gasteiger partial charge >= 0.3 is 11.7 Å². The maximum atomic E-state index is 13.6. The fourth-order valence-corrected chi connectivity index (χ4v) is 1.37. The molecular formula is C11H7F2N5O3. The van der Waals surface area contributed by atoms with Crippen LogP contribution in [0.15, 0.2) is 24.4 Å². The minimum absolute atomic E-state index is 0.0304. The van der Waals surface area contributed by atoms with Crippen molar-refractivity contribution in [2.24, 2.45) is 5.73 Å². The molecule has 3 N–H and O–H groups in total. The van der Waals surface area contributed by atoms with Crippen molar-refractivity contribution >= 4 is 11.5 Å². The van der Waals surface area contributed by atoms with Crippen molar-refractivity contribution in [2.45, 2.75) is 0 Å². The lowest BCUT2D eigenvalue weighted by molar-refractivity contribution is -0.387. The van der Waals surface area contributed by atoms with E-state index in [1.807, 2.05) is 0 Å². The SMILES string of the molecule is N=C(N)c1ccnc(Oc2cc(F)c([N+](=O)[O-])cc2F)n1. The van der Waals surface area contributed by atoms with E-state index in [1.54, 1.807) is 0 Å². The Morgan fingerprint density at radius 3 is 2.71 bits per heavy atom. The van der Waals surface area contributed by atoms with Gasteiger partial charge in [-0.3, -0.25) is 15.5 Å². The first kappa shape index (κ1) is 14.2. The van der Waals surface area contributed by atoms with Crippen molar-refractivity contribution in [3.05, 3.63) is 51.8 Å². The molecule has 0 aliphatic carbocycles. The van der Waals surface area contributed by atoms with Gasteiger partial charge in [0.25, 0.3) is 0 Å². The molecule has 1 aromatic heterocycles. The molecule has 0 atom stereocenters. The van der Waals surface area contributed by atoms with E-state index in [-0.39, 0.29) is 17.5 Å². The standard InChI is InChI=1S/C11H7F2N5O3/c12-5-4-9(6(13)3-8(5)18(19)20)21-11-16-2-1-7(17-11)10(14)15/h1-4H,(H3,14,15). The molecule has 2 aromatic rings. The van der Waals surface area contributed by atoms with Gasteiger partial charge in [-0.2, -0.15) is 9.37 Å². The molecule has 0 fully saturated rings. The third-order valence-electron chi connectivity index (χ3n) is 2.31. The first-order chi connectivity index (χ1) is 9.88. The number of nitrogen functional groups attached to an aromatic ring is 1. The zero-order valence-corrected chi connectivity index (χ0v) is 10.2. The predicted molar refractivity (Wildman–Crippen MR) is 66.1 cm³/mol. The van der Waals surface area contributed by atoms with E-state index in [9.17, 15) is 18.9 Å². The molecule has 1 heterocycles.